The molecule has 0 aromatic carbocycles. The molecule has 18 heavy (non-hydrogen) atoms. The molecule has 0 aliphatic rings. The van der Waals surface area contributed by atoms with E-state index in [1.807, 2.05) is 11.6 Å². The highest BCUT2D eigenvalue weighted by Gasteiger charge is 2.03. The van der Waals surface area contributed by atoms with Crippen molar-refractivity contribution in [1.82, 2.24) is 25.1 Å². The zero-order valence-corrected chi connectivity index (χ0v) is 11.7. The first-order valence-corrected chi connectivity index (χ1v) is 7.16. The van der Waals surface area contributed by atoms with Gasteiger partial charge in [-0.15, -0.1) is 11.3 Å². The third kappa shape index (κ3) is 3.61. The third-order valence-electron chi connectivity index (χ3n) is 2.64. The maximum Gasteiger partial charge on any atom is 0.140 e. The number of aryl methyl sites for hydroxylation is 2. The van der Waals surface area contributed by atoms with Crippen molar-refractivity contribution in [2.24, 2.45) is 0 Å². The molecule has 0 saturated carbocycles. The molecule has 98 valence electrons. The van der Waals surface area contributed by atoms with Gasteiger partial charge < -0.3 is 5.32 Å². The molecule has 0 fully saturated rings. The molecule has 2 aromatic rings. The van der Waals surface area contributed by atoms with Crippen LogP contribution in [0.5, 0.6) is 0 Å². The molecule has 2 aromatic heterocycles. The minimum Gasteiger partial charge on any atom is -0.309 e. The van der Waals surface area contributed by atoms with Gasteiger partial charge in [0.15, 0.2) is 0 Å². The predicted molar refractivity (Wildman–Crippen MR) is 72.6 cm³/mol. The highest BCUT2D eigenvalue weighted by atomic mass is 32.1. The number of hydrogen-bond acceptors (Lipinski definition) is 5. The van der Waals surface area contributed by atoms with Gasteiger partial charge in [0.1, 0.15) is 12.2 Å². The Morgan fingerprint density at radius 2 is 2.33 bits per heavy atom. The summed E-state index contributed by atoms with van der Waals surface area (Å²) in [6, 6.07) is 0. The maximum atomic E-state index is 4.44. The van der Waals surface area contributed by atoms with Gasteiger partial charge in [0.05, 0.1) is 17.2 Å². The number of hydrogen-bond donors (Lipinski definition) is 1. The van der Waals surface area contributed by atoms with Crippen molar-refractivity contribution in [2.45, 2.75) is 39.8 Å². The molecule has 0 atom stereocenters. The van der Waals surface area contributed by atoms with Crippen molar-refractivity contribution in [2.75, 3.05) is 6.54 Å². The second kappa shape index (κ2) is 6.61. The van der Waals surface area contributed by atoms with E-state index in [1.165, 1.54) is 5.69 Å². The number of aromatic nitrogens is 4. The minimum atomic E-state index is 0.767. The van der Waals surface area contributed by atoms with Crippen LogP contribution in [0, 0.1) is 6.92 Å². The molecule has 5 nitrogen and oxygen atoms in total. The topological polar surface area (TPSA) is 55.6 Å². The summed E-state index contributed by atoms with van der Waals surface area (Å²) in [5.74, 6) is 1.01. The largest absolute Gasteiger partial charge is 0.309 e. The molecule has 6 heteroatoms. The summed E-state index contributed by atoms with van der Waals surface area (Å²) in [5.41, 5.74) is 1.17. The van der Waals surface area contributed by atoms with Crippen LogP contribution >= 0.6 is 11.3 Å². The van der Waals surface area contributed by atoms with Crippen LogP contribution < -0.4 is 5.32 Å². The van der Waals surface area contributed by atoms with Crippen molar-refractivity contribution in [3.63, 3.8) is 0 Å². The fourth-order valence-electron chi connectivity index (χ4n) is 1.76. The summed E-state index contributed by atoms with van der Waals surface area (Å²) < 4.78 is 1.96. The summed E-state index contributed by atoms with van der Waals surface area (Å²) in [6.07, 6.45) is 3.66. The van der Waals surface area contributed by atoms with E-state index < -0.39 is 0 Å². The molecule has 0 radical (unpaired) electrons. The lowest BCUT2D eigenvalue weighted by Gasteiger charge is -2.05. The molecule has 0 aliphatic carbocycles. The lowest BCUT2D eigenvalue weighted by atomic mass is 10.3. The Kier molecular flexibility index (Phi) is 4.83. The molecule has 2 rings (SSSR count). The van der Waals surface area contributed by atoms with Crippen molar-refractivity contribution in [1.29, 1.82) is 0 Å². The Morgan fingerprint density at radius 1 is 1.44 bits per heavy atom. The molecule has 0 spiro atoms. The van der Waals surface area contributed by atoms with Gasteiger partial charge in [0, 0.05) is 24.9 Å². The molecule has 0 aliphatic heterocycles. The highest BCUT2D eigenvalue weighted by Crippen LogP contribution is 2.07. The van der Waals surface area contributed by atoms with E-state index >= 15 is 0 Å². The fourth-order valence-corrected chi connectivity index (χ4v) is 2.41. The zero-order chi connectivity index (χ0) is 12.8. The van der Waals surface area contributed by atoms with Crippen LogP contribution in [0.15, 0.2) is 11.7 Å². The first-order chi connectivity index (χ1) is 8.79. The van der Waals surface area contributed by atoms with Crippen molar-refractivity contribution >= 4 is 11.3 Å². The number of thiazole rings is 1. The predicted octanol–water partition coefficient (Wildman–Crippen LogP) is 1.79. The molecule has 2 heterocycles. The van der Waals surface area contributed by atoms with Crippen LogP contribution in [0.3, 0.4) is 0 Å². The quantitative estimate of drug-likeness (QED) is 0.775. The zero-order valence-electron chi connectivity index (χ0n) is 10.9. The smallest absolute Gasteiger partial charge is 0.140 e. The Hall–Kier alpha value is -1.27. The van der Waals surface area contributed by atoms with Gasteiger partial charge in [0.2, 0.25) is 0 Å². The van der Waals surface area contributed by atoms with Crippen LogP contribution in [-0.4, -0.2) is 26.3 Å². The van der Waals surface area contributed by atoms with Crippen molar-refractivity contribution in [3.8, 4) is 0 Å². The SMILES string of the molecule is CCCn1ncnc1CNCCc1csc(C)n1. The number of nitrogens with one attached hydrogen (secondary N) is 1. The Bertz CT molecular complexity index is 476. The van der Waals surface area contributed by atoms with E-state index in [4.69, 9.17) is 0 Å². The summed E-state index contributed by atoms with van der Waals surface area (Å²) in [7, 11) is 0. The first kappa shape index (κ1) is 13.2. The molecular formula is C12H19N5S. The lowest BCUT2D eigenvalue weighted by molar-refractivity contribution is 0.542. The van der Waals surface area contributed by atoms with Gasteiger partial charge in [0.25, 0.3) is 0 Å². The van der Waals surface area contributed by atoms with E-state index in [2.05, 4.69) is 32.7 Å². The normalized spacial score (nSPS) is 11.0. The Morgan fingerprint density at radius 3 is 3.06 bits per heavy atom. The summed E-state index contributed by atoms with van der Waals surface area (Å²) >= 11 is 1.70. The summed E-state index contributed by atoms with van der Waals surface area (Å²) in [6.45, 7) is 6.80. The van der Waals surface area contributed by atoms with Crippen LogP contribution in [0.25, 0.3) is 0 Å². The third-order valence-corrected chi connectivity index (χ3v) is 3.46. The lowest BCUT2D eigenvalue weighted by Crippen LogP contribution is -2.20. The van der Waals surface area contributed by atoms with E-state index in [1.54, 1.807) is 17.7 Å². The molecule has 0 amide bonds. The average Bonchev–Trinajstić information content (AvgIpc) is 2.95. The number of rotatable bonds is 7. The van der Waals surface area contributed by atoms with E-state index in [0.717, 1.165) is 43.3 Å². The van der Waals surface area contributed by atoms with Crippen LogP contribution in [0.1, 0.15) is 29.9 Å². The van der Waals surface area contributed by atoms with Gasteiger partial charge in [-0.1, -0.05) is 6.92 Å². The average molecular weight is 265 g/mol. The maximum absolute atomic E-state index is 4.44. The van der Waals surface area contributed by atoms with Crippen LogP contribution in [0.2, 0.25) is 0 Å². The summed E-state index contributed by atoms with van der Waals surface area (Å²) in [4.78, 5) is 8.70. The van der Waals surface area contributed by atoms with E-state index in [9.17, 15) is 0 Å². The molecule has 0 saturated heterocycles. The van der Waals surface area contributed by atoms with E-state index in [0.29, 0.717) is 0 Å². The Labute approximate surface area is 111 Å². The van der Waals surface area contributed by atoms with Gasteiger partial charge in [-0.2, -0.15) is 5.10 Å². The summed E-state index contributed by atoms with van der Waals surface area (Å²) in [5, 5.41) is 10.8. The molecule has 1 N–H and O–H groups in total. The standard InChI is InChI=1S/C12H19N5S/c1-3-6-17-12(14-9-15-17)7-13-5-4-11-8-18-10(2)16-11/h8-9,13H,3-7H2,1-2H3. The van der Waals surface area contributed by atoms with Gasteiger partial charge in [-0.3, -0.25) is 0 Å². The highest BCUT2D eigenvalue weighted by molar-refractivity contribution is 7.09. The van der Waals surface area contributed by atoms with Crippen molar-refractivity contribution < 1.29 is 0 Å². The fraction of sp³-hybridized carbons (Fsp3) is 0.583. The first-order valence-electron chi connectivity index (χ1n) is 6.28. The monoisotopic (exact) mass is 265 g/mol. The van der Waals surface area contributed by atoms with Gasteiger partial charge in [-0.05, 0) is 13.3 Å². The second-order valence-electron chi connectivity index (χ2n) is 4.18. The number of nitrogens with zero attached hydrogens (tertiary/aromatic N) is 4. The Balaban J connectivity index is 1.73. The molecular weight excluding hydrogens is 246 g/mol. The molecule has 0 bridgehead atoms. The minimum absolute atomic E-state index is 0.767. The van der Waals surface area contributed by atoms with Gasteiger partial charge >= 0.3 is 0 Å². The van der Waals surface area contributed by atoms with Gasteiger partial charge in [-0.25, -0.2) is 14.6 Å². The van der Waals surface area contributed by atoms with Crippen molar-refractivity contribution in [3.05, 3.63) is 28.2 Å². The second-order valence-corrected chi connectivity index (χ2v) is 5.25. The van der Waals surface area contributed by atoms with E-state index in [-0.39, 0.29) is 0 Å². The van der Waals surface area contributed by atoms with Crippen LogP contribution in [0.4, 0.5) is 0 Å². The van der Waals surface area contributed by atoms with Crippen LogP contribution in [-0.2, 0) is 19.5 Å². The molecule has 0 unspecified atom stereocenters.